The second-order valence-electron chi connectivity index (χ2n) is 7.29. The standard InChI is InChI=1S/C23H16BrN5/c1-13-26-21-17(22(24)27-13)10-8-14-9-11-19(28-20(14)21)29-18-7-3-2-5-15(18)16-6-4-12-25-23(16)29/h2-8,10,12H,9,11H2,1H3. The molecule has 0 spiro atoms. The molecule has 0 aliphatic carbocycles. The lowest BCUT2D eigenvalue weighted by Gasteiger charge is -2.19. The summed E-state index contributed by atoms with van der Waals surface area (Å²) in [5.74, 6) is 1.74. The molecule has 0 fully saturated rings. The minimum absolute atomic E-state index is 0.735. The Labute approximate surface area is 175 Å². The van der Waals surface area contributed by atoms with E-state index in [1.165, 1.54) is 10.9 Å². The van der Waals surface area contributed by atoms with Gasteiger partial charge in [0, 0.05) is 28.8 Å². The molecule has 0 N–H and O–H groups in total. The molecule has 4 heterocycles. The third-order valence-electron chi connectivity index (χ3n) is 5.54. The normalized spacial score (nSPS) is 13.8. The quantitative estimate of drug-likeness (QED) is 0.288. The van der Waals surface area contributed by atoms with Crippen LogP contribution in [0.25, 0.3) is 32.8 Å². The fourth-order valence-electron chi connectivity index (χ4n) is 4.27. The van der Waals surface area contributed by atoms with Crippen LogP contribution in [0.4, 0.5) is 5.69 Å². The molecule has 3 aromatic heterocycles. The number of aliphatic imine (C=N–C) groups is 1. The number of halogens is 1. The highest BCUT2D eigenvalue weighted by Crippen LogP contribution is 2.37. The minimum Gasteiger partial charge on any atom is -0.281 e. The zero-order valence-electron chi connectivity index (χ0n) is 15.7. The zero-order chi connectivity index (χ0) is 19.5. The molecular formula is C23H16BrN5. The summed E-state index contributed by atoms with van der Waals surface area (Å²) in [4.78, 5) is 19.0. The average molecular weight is 442 g/mol. The smallest absolute Gasteiger partial charge is 0.146 e. The molecule has 6 heteroatoms. The van der Waals surface area contributed by atoms with Gasteiger partial charge in [-0.1, -0.05) is 24.3 Å². The van der Waals surface area contributed by atoms with Gasteiger partial charge in [-0.05, 0) is 59.1 Å². The van der Waals surface area contributed by atoms with Crippen molar-refractivity contribution < 1.29 is 0 Å². The van der Waals surface area contributed by atoms with E-state index in [-0.39, 0.29) is 0 Å². The van der Waals surface area contributed by atoms with Crippen molar-refractivity contribution in [3.63, 3.8) is 0 Å². The Kier molecular flexibility index (Phi) is 3.59. The first-order valence-electron chi connectivity index (χ1n) is 9.58. The third kappa shape index (κ3) is 2.45. The van der Waals surface area contributed by atoms with Crippen LogP contribution < -0.4 is 0 Å². The summed E-state index contributed by atoms with van der Waals surface area (Å²) in [7, 11) is 0. The first-order chi connectivity index (χ1) is 14.2. The van der Waals surface area contributed by atoms with Crippen LogP contribution in [0, 0.1) is 6.92 Å². The Morgan fingerprint density at radius 2 is 1.76 bits per heavy atom. The largest absolute Gasteiger partial charge is 0.281 e. The SMILES string of the molecule is Cc1nc(Br)c2ccc3c(c2n1)N=C(n1c2ccccc2c2cccnc21)CC3. The lowest BCUT2D eigenvalue weighted by molar-refractivity contribution is 0.960. The minimum atomic E-state index is 0.735. The molecule has 5 aromatic rings. The van der Waals surface area contributed by atoms with Crippen LogP contribution >= 0.6 is 15.9 Å². The molecule has 5 nitrogen and oxygen atoms in total. The molecule has 0 saturated carbocycles. The fourth-order valence-corrected chi connectivity index (χ4v) is 4.84. The Balaban J connectivity index is 1.69. The van der Waals surface area contributed by atoms with E-state index < -0.39 is 0 Å². The van der Waals surface area contributed by atoms with Crippen LogP contribution in [0.2, 0.25) is 0 Å². The number of hydrogen-bond acceptors (Lipinski definition) is 4. The maximum atomic E-state index is 5.13. The van der Waals surface area contributed by atoms with Crippen molar-refractivity contribution in [1.29, 1.82) is 0 Å². The van der Waals surface area contributed by atoms with E-state index in [4.69, 9.17) is 9.98 Å². The van der Waals surface area contributed by atoms with Gasteiger partial charge in [0.1, 0.15) is 27.4 Å². The molecule has 0 bridgehead atoms. The Morgan fingerprint density at radius 3 is 2.69 bits per heavy atom. The van der Waals surface area contributed by atoms with E-state index in [9.17, 15) is 0 Å². The number of rotatable bonds is 0. The molecule has 6 rings (SSSR count). The highest BCUT2D eigenvalue weighted by Gasteiger charge is 2.21. The van der Waals surface area contributed by atoms with Crippen molar-refractivity contribution in [3.05, 3.63) is 70.7 Å². The molecule has 0 unspecified atom stereocenters. The Hall–Kier alpha value is -3.12. The molecule has 1 aliphatic heterocycles. The first kappa shape index (κ1) is 16.8. The lowest BCUT2D eigenvalue weighted by Crippen LogP contribution is -2.16. The van der Waals surface area contributed by atoms with Crippen molar-refractivity contribution in [3.8, 4) is 0 Å². The van der Waals surface area contributed by atoms with Gasteiger partial charge in [0.2, 0.25) is 0 Å². The number of aromatic nitrogens is 4. The Morgan fingerprint density at radius 1 is 0.897 bits per heavy atom. The molecule has 0 radical (unpaired) electrons. The highest BCUT2D eigenvalue weighted by molar-refractivity contribution is 9.10. The molecular weight excluding hydrogens is 426 g/mol. The van der Waals surface area contributed by atoms with Gasteiger partial charge in [0.15, 0.2) is 0 Å². The summed E-state index contributed by atoms with van der Waals surface area (Å²) in [6.07, 6.45) is 3.62. The summed E-state index contributed by atoms with van der Waals surface area (Å²) >= 11 is 3.58. The van der Waals surface area contributed by atoms with Gasteiger partial charge >= 0.3 is 0 Å². The molecule has 29 heavy (non-hydrogen) atoms. The molecule has 0 amide bonds. The van der Waals surface area contributed by atoms with Crippen LogP contribution in [0.15, 0.2) is 64.3 Å². The number of benzene rings is 2. The van der Waals surface area contributed by atoms with Crippen LogP contribution in [-0.4, -0.2) is 25.4 Å². The monoisotopic (exact) mass is 441 g/mol. The number of hydrogen-bond donors (Lipinski definition) is 0. The highest BCUT2D eigenvalue weighted by atomic mass is 79.9. The molecule has 0 saturated heterocycles. The van der Waals surface area contributed by atoms with E-state index in [1.54, 1.807) is 0 Å². The summed E-state index contributed by atoms with van der Waals surface area (Å²) < 4.78 is 3.01. The van der Waals surface area contributed by atoms with Gasteiger partial charge in [0.05, 0.1) is 11.2 Å². The number of pyridine rings is 1. The van der Waals surface area contributed by atoms with Gasteiger partial charge < -0.3 is 0 Å². The van der Waals surface area contributed by atoms with Crippen molar-refractivity contribution in [2.75, 3.05) is 0 Å². The number of fused-ring (bicyclic) bond motifs is 6. The van der Waals surface area contributed by atoms with E-state index in [0.29, 0.717) is 0 Å². The molecule has 1 aliphatic rings. The predicted molar refractivity (Wildman–Crippen MR) is 120 cm³/mol. The third-order valence-corrected chi connectivity index (χ3v) is 6.15. The van der Waals surface area contributed by atoms with Crippen molar-refractivity contribution >= 4 is 60.3 Å². The van der Waals surface area contributed by atoms with Crippen LogP contribution in [0.5, 0.6) is 0 Å². The van der Waals surface area contributed by atoms with Crippen molar-refractivity contribution in [2.24, 2.45) is 4.99 Å². The fraction of sp³-hybridized carbons (Fsp3) is 0.130. The summed E-state index contributed by atoms with van der Waals surface area (Å²) in [6.45, 7) is 1.91. The Bertz CT molecular complexity index is 1430. The number of para-hydroxylation sites is 1. The van der Waals surface area contributed by atoms with Gasteiger partial charge in [-0.25, -0.2) is 19.9 Å². The maximum absolute atomic E-state index is 5.13. The van der Waals surface area contributed by atoms with Crippen LogP contribution in [-0.2, 0) is 6.42 Å². The average Bonchev–Trinajstić information content (AvgIpc) is 3.08. The maximum Gasteiger partial charge on any atom is 0.146 e. The number of nitrogens with zero attached hydrogens (tertiary/aromatic N) is 5. The summed E-state index contributed by atoms with van der Waals surface area (Å²) in [5, 5.41) is 3.33. The number of aryl methyl sites for hydroxylation is 2. The lowest BCUT2D eigenvalue weighted by atomic mass is 10.0. The topological polar surface area (TPSA) is 56.0 Å². The van der Waals surface area contributed by atoms with E-state index in [0.717, 1.165) is 62.2 Å². The molecule has 140 valence electrons. The second-order valence-corrected chi connectivity index (χ2v) is 8.04. The van der Waals surface area contributed by atoms with E-state index >= 15 is 0 Å². The van der Waals surface area contributed by atoms with Crippen molar-refractivity contribution in [1.82, 2.24) is 19.5 Å². The van der Waals surface area contributed by atoms with E-state index in [2.05, 4.69) is 72.9 Å². The molecule has 0 atom stereocenters. The van der Waals surface area contributed by atoms with Gasteiger partial charge in [-0.3, -0.25) is 4.57 Å². The van der Waals surface area contributed by atoms with E-state index in [1.807, 2.05) is 19.2 Å². The zero-order valence-corrected chi connectivity index (χ0v) is 17.3. The van der Waals surface area contributed by atoms with Crippen LogP contribution in [0.3, 0.4) is 0 Å². The predicted octanol–water partition coefficient (Wildman–Crippen LogP) is 5.73. The first-order valence-corrected chi connectivity index (χ1v) is 10.4. The van der Waals surface area contributed by atoms with Gasteiger partial charge in [-0.2, -0.15) is 0 Å². The van der Waals surface area contributed by atoms with Gasteiger partial charge in [0.25, 0.3) is 0 Å². The molecule has 2 aromatic carbocycles. The second kappa shape index (κ2) is 6.19. The van der Waals surface area contributed by atoms with Crippen molar-refractivity contribution in [2.45, 2.75) is 19.8 Å². The summed E-state index contributed by atoms with van der Waals surface area (Å²) in [5.41, 5.74) is 5.14. The van der Waals surface area contributed by atoms with Crippen LogP contribution in [0.1, 0.15) is 17.8 Å². The van der Waals surface area contributed by atoms with Gasteiger partial charge in [-0.15, -0.1) is 0 Å². The summed E-state index contributed by atoms with van der Waals surface area (Å²) in [6, 6.07) is 16.8.